The SMILES string of the molecule is O=C1COc2ccc(C(=O)CCC(=O)N3CCCC3)cc2N1. The van der Waals surface area contributed by atoms with Crippen LogP contribution in [-0.4, -0.2) is 42.2 Å². The van der Waals surface area contributed by atoms with E-state index in [-0.39, 0.29) is 37.0 Å². The zero-order chi connectivity index (χ0) is 15.5. The summed E-state index contributed by atoms with van der Waals surface area (Å²) in [5.74, 6) is 0.265. The normalized spacial score (nSPS) is 16.7. The van der Waals surface area contributed by atoms with E-state index in [9.17, 15) is 14.4 Å². The highest BCUT2D eigenvalue weighted by molar-refractivity contribution is 6.01. The average Bonchev–Trinajstić information content (AvgIpc) is 3.06. The minimum absolute atomic E-state index is 0.00930. The summed E-state index contributed by atoms with van der Waals surface area (Å²) in [6.07, 6.45) is 2.51. The number of anilines is 1. The molecule has 0 atom stereocenters. The van der Waals surface area contributed by atoms with Crippen LogP contribution in [0.2, 0.25) is 0 Å². The number of ether oxygens (including phenoxy) is 1. The first-order chi connectivity index (χ1) is 10.6. The van der Waals surface area contributed by atoms with Crippen LogP contribution >= 0.6 is 0 Å². The summed E-state index contributed by atoms with van der Waals surface area (Å²) in [5.41, 5.74) is 0.992. The molecule has 2 amide bonds. The molecule has 0 unspecified atom stereocenters. The number of hydrogen-bond donors (Lipinski definition) is 1. The van der Waals surface area contributed by atoms with Gasteiger partial charge in [0.25, 0.3) is 5.91 Å². The lowest BCUT2D eigenvalue weighted by Gasteiger charge is -2.18. The van der Waals surface area contributed by atoms with E-state index in [4.69, 9.17) is 4.74 Å². The number of carbonyl (C=O) groups is 3. The van der Waals surface area contributed by atoms with Crippen molar-refractivity contribution in [3.63, 3.8) is 0 Å². The molecule has 2 heterocycles. The van der Waals surface area contributed by atoms with Crippen molar-refractivity contribution in [1.29, 1.82) is 0 Å². The van der Waals surface area contributed by atoms with Gasteiger partial charge in [-0.2, -0.15) is 0 Å². The summed E-state index contributed by atoms with van der Waals surface area (Å²) in [4.78, 5) is 37.3. The van der Waals surface area contributed by atoms with Gasteiger partial charge in [0.2, 0.25) is 5.91 Å². The molecule has 1 saturated heterocycles. The summed E-state index contributed by atoms with van der Waals surface area (Å²) >= 11 is 0. The first-order valence-corrected chi connectivity index (χ1v) is 7.51. The Labute approximate surface area is 128 Å². The third kappa shape index (κ3) is 3.10. The summed E-state index contributed by atoms with van der Waals surface area (Å²) in [7, 11) is 0. The summed E-state index contributed by atoms with van der Waals surface area (Å²) in [6, 6.07) is 4.94. The smallest absolute Gasteiger partial charge is 0.262 e. The van der Waals surface area contributed by atoms with Crippen LogP contribution in [0.4, 0.5) is 5.69 Å². The van der Waals surface area contributed by atoms with Crippen LogP contribution in [0.25, 0.3) is 0 Å². The second-order valence-corrected chi connectivity index (χ2v) is 5.56. The minimum atomic E-state index is -0.235. The first kappa shape index (κ1) is 14.6. The Hall–Kier alpha value is -2.37. The zero-order valence-corrected chi connectivity index (χ0v) is 12.3. The molecular formula is C16H18N2O4. The molecule has 116 valence electrons. The number of Topliss-reactive ketones (excluding diaryl/α,β-unsaturated/α-hetero) is 1. The Morgan fingerprint density at radius 3 is 2.73 bits per heavy atom. The summed E-state index contributed by atoms with van der Waals surface area (Å²) < 4.78 is 5.25. The number of benzene rings is 1. The minimum Gasteiger partial charge on any atom is -0.482 e. The van der Waals surface area contributed by atoms with E-state index in [1.54, 1.807) is 18.2 Å². The molecule has 1 aromatic carbocycles. The molecule has 2 aliphatic rings. The van der Waals surface area contributed by atoms with Crippen LogP contribution in [0.15, 0.2) is 18.2 Å². The number of nitrogens with one attached hydrogen (secondary N) is 1. The molecule has 1 aromatic rings. The number of nitrogens with zero attached hydrogens (tertiary/aromatic N) is 1. The monoisotopic (exact) mass is 302 g/mol. The molecule has 2 aliphatic heterocycles. The molecule has 1 N–H and O–H groups in total. The highest BCUT2D eigenvalue weighted by Crippen LogP contribution is 2.29. The highest BCUT2D eigenvalue weighted by atomic mass is 16.5. The van der Waals surface area contributed by atoms with E-state index in [1.807, 2.05) is 4.90 Å². The van der Waals surface area contributed by atoms with Gasteiger partial charge in [0.05, 0.1) is 5.69 Å². The molecule has 1 fully saturated rings. The Balaban J connectivity index is 1.61. The van der Waals surface area contributed by atoms with Gasteiger partial charge < -0.3 is 15.0 Å². The van der Waals surface area contributed by atoms with Gasteiger partial charge in [0.1, 0.15) is 5.75 Å². The quantitative estimate of drug-likeness (QED) is 0.857. The van der Waals surface area contributed by atoms with Crippen molar-refractivity contribution < 1.29 is 19.1 Å². The van der Waals surface area contributed by atoms with Crippen LogP contribution < -0.4 is 10.1 Å². The lowest BCUT2D eigenvalue weighted by Crippen LogP contribution is -2.28. The molecule has 0 saturated carbocycles. The summed E-state index contributed by atoms with van der Waals surface area (Å²) in [5, 5.41) is 2.67. The Morgan fingerprint density at radius 2 is 1.95 bits per heavy atom. The molecule has 6 heteroatoms. The van der Waals surface area contributed by atoms with Crippen LogP contribution in [-0.2, 0) is 9.59 Å². The van der Waals surface area contributed by atoms with E-state index in [1.165, 1.54) is 0 Å². The maximum absolute atomic E-state index is 12.2. The van der Waals surface area contributed by atoms with Gasteiger partial charge >= 0.3 is 0 Å². The molecular weight excluding hydrogens is 284 g/mol. The van der Waals surface area contributed by atoms with Crippen LogP contribution in [0.3, 0.4) is 0 Å². The topological polar surface area (TPSA) is 75.7 Å². The van der Waals surface area contributed by atoms with Gasteiger partial charge in [-0.15, -0.1) is 0 Å². The van der Waals surface area contributed by atoms with Crippen molar-refractivity contribution in [3.8, 4) is 5.75 Å². The maximum atomic E-state index is 12.2. The number of fused-ring (bicyclic) bond motifs is 1. The summed E-state index contributed by atoms with van der Waals surface area (Å²) in [6.45, 7) is 1.59. The fourth-order valence-corrected chi connectivity index (χ4v) is 2.75. The number of ketones is 1. The Kier molecular flexibility index (Phi) is 4.09. The van der Waals surface area contributed by atoms with Crippen molar-refractivity contribution in [3.05, 3.63) is 23.8 Å². The van der Waals surface area contributed by atoms with E-state index in [0.29, 0.717) is 17.0 Å². The van der Waals surface area contributed by atoms with Crippen molar-refractivity contribution in [2.24, 2.45) is 0 Å². The predicted octanol–water partition coefficient (Wildman–Crippen LogP) is 1.60. The van der Waals surface area contributed by atoms with Crippen molar-refractivity contribution in [2.75, 3.05) is 25.0 Å². The van der Waals surface area contributed by atoms with Gasteiger partial charge in [-0.05, 0) is 31.0 Å². The van der Waals surface area contributed by atoms with E-state index < -0.39 is 0 Å². The molecule has 0 aliphatic carbocycles. The molecule has 3 rings (SSSR count). The Morgan fingerprint density at radius 1 is 1.18 bits per heavy atom. The van der Waals surface area contributed by atoms with E-state index in [0.717, 1.165) is 25.9 Å². The van der Waals surface area contributed by atoms with Gasteiger partial charge in [-0.3, -0.25) is 14.4 Å². The van der Waals surface area contributed by atoms with E-state index in [2.05, 4.69) is 5.32 Å². The van der Waals surface area contributed by atoms with Gasteiger partial charge in [-0.1, -0.05) is 0 Å². The molecule has 0 radical (unpaired) electrons. The third-order valence-corrected chi connectivity index (χ3v) is 3.96. The van der Waals surface area contributed by atoms with Gasteiger partial charge in [0, 0.05) is 31.5 Å². The number of rotatable bonds is 4. The number of amides is 2. The van der Waals surface area contributed by atoms with Gasteiger partial charge in [-0.25, -0.2) is 0 Å². The van der Waals surface area contributed by atoms with Crippen molar-refractivity contribution in [1.82, 2.24) is 4.90 Å². The fraction of sp³-hybridized carbons (Fsp3) is 0.438. The van der Waals surface area contributed by atoms with E-state index >= 15 is 0 Å². The van der Waals surface area contributed by atoms with Gasteiger partial charge in [0.15, 0.2) is 12.4 Å². The molecule has 22 heavy (non-hydrogen) atoms. The number of carbonyl (C=O) groups excluding carboxylic acids is 3. The molecule has 0 bridgehead atoms. The highest BCUT2D eigenvalue weighted by Gasteiger charge is 2.20. The van der Waals surface area contributed by atoms with Crippen LogP contribution in [0.1, 0.15) is 36.0 Å². The second-order valence-electron chi connectivity index (χ2n) is 5.56. The number of hydrogen-bond acceptors (Lipinski definition) is 4. The third-order valence-electron chi connectivity index (χ3n) is 3.96. The molecule has 0 aromatic heterocycles. The lowest BCUT2D eigenvalue weighted by atomic mass is 10.0. The molecule has 6 nitrogen and oxygen atoms in total. The first-order valence-electron chi connectivity index (χ1n) is 7.51. The van der Waals surface area contributed by atoms with Crippen molar-refractivity contribution >= 4 is 23.3 Å². The van der Waals surface area contributed by atoms with Crippen molar-refractivity contribution in [2.45, 2.75) is 25.7 Å². The predicted molar refractivity (Wildman–Crippen MR) is 79.9 cm³/mol. The second kappa shape index (κ2) is 6.17. The van der Waals surface area contributed by atoms with Crippen LogP contribution in [0.5, 0.6) is 5.75 Å². The average molecular weight is 302 g/mol. The fourth-order valence-electron chi connectivity index (χ4n) is 2.75. The Bertz CT molecular complexity index is 621. The molecule has 0 spiro atoms. The lowest BCUT2D eigenvalue weighted by molar-refractivity contribution is -0.130. The number of likely N-dealkylation sites (tertiary alicyclic amines) is 1. The van der Waals surface area contributed by atoms with Crippen LogP contribution in [0, 0.1) is 0 Å². The zero-order valence-electron chi connectivity index (χ0n) is 12.3. The maximum Gasteiger partial charge on any atom is 0.262 e. The standard InChI is InChI=1S/C16H18N2O4/c19-13(4-6-16(21)18-7-1-2-8-18)11-3-5-14-12(9-11)17-15(20)10-22-14/h3,5,9H,1-2,4,6-8,10H2,(H,17,20). The largest absolute Gasteiger partial charge is 0.482 e.